The van der Waals surface area contributed by atoms with Gasteiger partial charge in [-0.2, -0.15) is 0 Å². The zero-order valence-electron chi connectivity index (χ0n) is 5.48. The molecule has 0 saturated heterocycles. The topological polar surface area (TPSA) is 9.23 Å². The first-order valence-electron chi connectivity index (χ1n) is 2.93. The molecule has 0 aliphatic heterocycles. The van der Waals surface area contributed by atoms with E-state index in [1.807, 2.05) is 0 Å². The minimum absolute atomic E-state index is 0.265. The van der Waals surface area contributed by atoms with Crippen molar-refractivity contribution in [1.29, 1.82) is 0 Å². The summed E-state index contributed by atoms with van der Waals surface area (Å²) in [4.78, 5) is 0. The quantitative estimate of drug-likeness (QED) is 0.538. The molecule has 0 aliphatic carbocycles. The van der Waals surface area contributed by atoms with E-state index in [9.17, 15) is 0 Å². The monoisotopic (exact) mass is 136 g/mol. The van der Waals surface area contributed by atoms with E-state index < -0.39 is 0 Å². The molecule has 0 heterocycles. The van der Waals surface area contributed by atoms with Crippen molar-refractivity contribution in [3.05, 3.63) is 0 Å². The van der Waals surface area contributed by atoms with Crippen LogP contribution in [-0.4, -0.2) is 19.1 Å². The normalized spacial score (nSPS) is 13.9. The SMILES string of the molecule is CCCC(CCl)OC. The van der Waals surface area contributed by atoms with Crippen LogP contribution in [0.4, 0.5) is 0 Å². The maximum absolute atomic E-state index is 5.52. The van der Waals surface area contributed by atoms with Crippen molar-refractivity contribution in [3.63, 3.8) is 0 Å². The Bertz CT molecular complexity index is 43.8. The maximum atomic E-state index is 5.52. The minimum Gasteiger partial charge on any atom is -0.380 e. The summed E-state index contributed by atoms with van der Waals surface area (Å²) >= 11 is 5.52. The molecule has 0 saturated carbocycles. The molecular weight excluding hydrogens is 124 g/mol. The van der Waals surface area contributed by atoms with Crippen molar-refractivity contribution in [2.75, 3.05) is 13.0 Å². The van der Waals surface area contributed by atoms with Gasteiger partial charge in [-0.15, -0.1) is 11.6 Å². The molecule has 0 aliphatic rings. The van der Waals surface area contributed by atoms with Crippen LogP contribution in [0.3, 0.4) is 0 Å². The van der Waals surface area contributed by atoms with E-state index >= 15 is 0 Å². The summed E-state index contributed by atoms with van der Waals surface area (Å²) in [6.45, 7) is 2.12. The molecular formula is C6H13ClO. The van der Waals surface area contributed by atoms with Crippen LogP contribution in [0, 0.1) is 0 Å². The van der Waals surface area contributed by atoms with Crippen molar-refractivity contribution in [2.45, 2.75) is 25.9 Å². The summed E-state index contributed by atoms with van der Waals surface area (Å²) < 4.78 is 5.01. The van der Waals surface area contributed by atoms with Gasteiger partial charge >= 0.3 is 0 Å². The van der Waals surface area contributed by atoms with E-state index in [2.05, 4.69) is 6.92 Å². The predicted octanol–water partition coefficient (Wildman–Crippen LogP) is 2.04. The lowest BCUT2D eigenvalue weighted by atomic mass is 10.2. The lowest BCUT2D eigenvalue weighted by molar-refractivity contribution is 0.113. The second kappa shape index (κ2) is 5.39. The number of halogens is 1. The van der Waals surface area contributed by atoms with Gasteiger partial charge in [0.1, 0.15) is 0 Å². The number of hydrogen-bond donors (Lipinski definition) is 0. The van der Waals surface area contributed by atoms with Crippen LogP contribution in [0.25, 0.3) is 0 Å². The fraction of sp³-hybridized carbons (Fsp3) is 1.00. The Morgan fingerprint density at radius 3 is 2.38 bits per heavy atom. The molecule has 1 nitrogen and oxygen atoms in total. The van der Waals surface area contributed by atoms with Gasteiger partial charge in [0.15, 0.2) is 0 Å². The first-order valence-corrected chi connectivity index (χ1v) is 3.47. The summed E-state index contributed by atoms with van der Waals surface area (Å²) in [5, 5.41) is 0. The van der Waals surface area contributed by atoms with Crippen molar-refractivity contribution < 1.29 is 4.74 Å². The van der Waals surface area contributed by atoms with Gasteiger partial charge in [-0.1, -0.05) is 13.3 Å². The van der Waals surface area contributed by atoms with Crippen molar-refractivity contribution in [1.82, 2.24) is 0 Å². The van der Waals surface area contributed by atoms with Crippen molar-refractivity contribution >= 4 is 11.6 Å². The fourth-order valence-corrected chi connectivity index (χ4v) is 0.860. The van der Waals surface area contributed by atoms with E-state index in [4.69, 9.17) is 16.3 Å². The Morgan fingerprint density at radius 1 is 1.62 bits per heavy atom. The zero-order valence-corrected chi connectivity index (χ0v) is 6.24. The van der Waals surface area contributed by atoms with Crippen molar-refractivity contribution in [3.8, 4) is 0 Å². The molecule has 2 heteroatoms. The highest BCUT2D eigenvalue weighted by Gasteiger charge is 2.00. The van der Waals surface area contributed by atoms with Crippen LogP contribution in [0.2, 0.25) is 0 Å². The fourth-order valence-electron chi connectivity index (χ4n) is 0.580. The molecule has 1 atom stereocenters. The zero-order chi connectivity index (χ0) is 6.41. The molecule has 0 rings (SSSR count). The van der Waals surface area contributed by atoms with Crippen LogP contribution in [0.15, 0.2) is 0 Å². The van der Waals surface area contributed by atoms with Gasteiger partial charge in [0.2, 0.25) is 0 Å². The van der Waals surface area contributed by atoms with E-state index in [0.29, 0.717) is 5.88 Å². The molecule has 0 spiro atoms. The molecule has 0 radical (unpaired) electrons. The third kappa shape index (κ3) is 3.28. The Balaban J connectivity index is 3.07. The highest BCUT2D eigenvalue weighted by molar-refractivity contribution is 6.18. The molecule has 0 aromatic carbocycles. The highest BCUT2D eigenvalue weighted by atomic mass is 35.5. The third-order valence-corrected chi connectivity index (χ3v) is 1.46. The van der Waals surface area contributed by atoms with Gasteiger partial charge in [0.05, 0.1) is 6.10 Å². The average Bonchev–Trinajstić information content (AvgIpc) is 1.83. The second-order valence-electron chi connectivity index (χ2n) is 1.80. The van der Waals surface area contributed by atoms with Crippen molar-refractivity contribution in [2.24, 2.45) is 0 Å². The summed E-state index contributed by atoms with van der Waals surface area (Å²) in [5.74, 6) is 0.615. The molecule has 0 amide bonds. The minimum atomic E-state index is 0.265. The number of alkyl halides is 1. The van der Waals surface area contributed by atoms with E-state index in [-0.39, 0.29) is 6.10 Å². The smallest absolute Gasteiger partial charge is 0.0706 e. The van der Waals surface area contributed by atoms with E-state index in [1.54, 1.807) is 7.11 Å². The first kappa shape index (κ1) is 8.25. The number of rotatable bonds is 4. The summed E-state index contributed by atoms with van der Waals surface area (Å²) in [7, 11) is 1.70. The van der Waals surface area contributed by atoms with Gasteiger partial charge in [-0.25, -0.2) is 0 Å². The van der Waals surface area contributed by atoms with Gasteiger partial charge in [-0.3, -0.25) is 0 Å². The Hall–Kier alpha value is 0.250. The lowest BCUT2D eigenvalue weighted by Crippen LogP contribution is -2.10. The standard InChI is InChI=1S/C6H13ClO/c1-3-4-6(5-7)8-2/h6H,3-5H2,1-2H3. The van der Waals surface area contributed by atoms with Gasteiger partial charge < -0.3 is 4.74 Å². The molecule has 0 aromatic rings. The maximum Gasteiger partial charge on any atom is 0.0706 e. The van der Waals surface area contributed by atoms with E-state index in [1.165, 1.54) is 0 Å². The Kier molecular flexibility index (Phi) is 5.56. The van der Waals surface area contributed by atoms with E-state index in [0.717, 1.165) is 12.8 Å². The summed E-state index contributed by atoms with van der Waals surface area (Å²) in [6.07, 6.45) is 2.48. The molecule has 0 aromatic heterocycles. The van der Waals surface area contributed by atoms with Gasteiger partial charge in [0.25, 0.3) is 0 Å². The van der Waals surface area contributed by atoms with Gasteiger partial charge in [0, 0.05) is 13.0 Å². The molecule has 0 bridgehead atoms. The van der Waals surface area contributed by atoms with Gasteiger partial charge in [-0.05, 0) is 6.42 Å². The number of ether oxygens (including phenoxy) is 1. The third-order valence-electron chi connectivity index (χ3n) is 1.12. The Morgan fingerprint density at radius 2 is 2.25 bits per heavy atom. The number of methoxy groups -OCH3 is 1. The largest absolute Gasteiger partial charge is 0.380 e. The number of hydrogen-bond acceptors (Lipinski definition) is 1. The molecule has 0 N–H and O–H groups in total. The highest BCUT2D eigenvalue weighted by Crippen LogP contribution is 2.01. The molecule has 0 fully saturated rings. The predicted molar refractivity (Wildman–Crippen MR) is 36.4 cm³/mol. The molecule has 1 unspecified atom stereocenters. The summed E-state index contributed by atoms with van der Waals surface area (Å²) in [6, 6.07) is 0. The summed E-state index contributed by atoms with van der Waals surface area (Å²) in [5.41, 5.74) is 0. The average molecular weight is 137 g/mol. The van der Waals surface area contributed by atoms with Crippen LogP contribution in [-0.2, 0) is 4.74 Å². The van der Waals surface area contributed by atoms with Crippen LogP contribution in [0.5, 0.6) is 0 Å². The second-order valence-corrected chi connectivity index (χ2v) is 2.11. The molecule has 8 heavy (non-hydrogen) atoms. The first-order chi connectivity index (χ1) is 3.85. The molecule has 50 valence electrons. The van der Waals surface area contributed by atoms with Crippen LogP contribution >= 0.6 is 11.6 Å². The van der Waals surface area contributed by atoms with Crippen LogP contribution < -0.4 is 0 Å². The Labute approximate surface area is 56.0 Å². The van der Waals surface area contributed by atoms with Crippen LogP contribution in [0.1, 0.15) is 19.8 Å². The lowest BCUT2D eigenvalue weighted by Gasteiger charge is -2.08.